The van der Waals surface area contributed by atoms with Crippen LogP contribution in [0.4, 0.5) is 0 Å². The Morgan fingerprint density at radius 2 is 2.00 bits per heavy atom. The van der Waals surface area contributed by atoms with Crippen molar-refractivity contribution in [1.82, 2.24) is 4.90 Å². The minimum absolute atomic E-state index is 0.0124. The third-order valence-electron chi connectivity index (χ3n) is 2.86. The quantitative estimate of drug-likeness (QED) is 0.830. The Bertz CT molecular complexity index is 566. The molecule has 0 aliphatic rings. The molecule has 112 valence electrons. The van der Waals surface area contributed by atoms with Gasteiger partial charge >= 0.3 is 5.97 Å². The summed E-state index contributed by atoms with van der Waals surface area (Å²) in [6.07, 6.45) is 0. The molecule has 0 atom stereocenters. The molecule has 0 amide bonds. The molecule has 1 aromatic rings. The predicted molar refractivity (Wildman–Crippen MR) is 77.8 cm³/mol. The smallest absolute Gasteiger partial charge is 0.335 e. The molecule has 1 N–H and O–H groups in total. The standard InChI is InChI=1S/C14H21NO4S/c1-11(2)10-15(3)7-8-20(18,19)13-6-4-5-12(9-13)14(16)17/h4-6,9,11H,7-8,10H2,1-3H3,(H,16,17). The van der Waals surface area contributed by atoms with Crippen molar-refractivity contribution in [2.24, 2.45) is 5.92 Å². The van der Waals surface area contributed by atoms with Crippen LogP contribution in [0.2, 0.25) is 0 Å². The van der Waals surface area contributed by atoms with Crippen LogP contribution in [0.5, 0.6) is 0 Å². The first-order valence-electron chi connectivity index (χ1n) is 6.47. The molecule has 0 unspecified atom stereocenters. The molecule has 0 aliphatic carbocycles. The van der Waals surface area contributed by atoms with Crippen molar-refractivity contribution >= 4 is 15.8 Å². The molecule has 0 spiro atoms. The molecule has 0 aromatic heterocycles. The number of sulfone groups is 1. The van der Waals surface area contributed by atoms with E-state index in [-0.39, 0.29) is 16.2 Å². The van der Waals surface area contributed by atoms with Crippen LogP contribution >= 0.6 is 0 Å². The largest absolute Gasteiger partial charge is 0.478 e. The average Bonchev–Trinajstić information content (AvgIpc) is 2.36. The van der Waals surface area contributed by atoms with Crippen molar-refractivity contribution in [3.05, 3.63) is 29.8 Å². The van der Waals surface area contributed by atoms with Crippen molar-refractivity contribution < 1.29 is 18.3 Å². The molecule has 0 saturated carbocycles. The summed E-state index contributed by atoms with van der Waals surface area (Å²) >= 11 is 0. The zero-order valence-electron chi connectivity index (χ0n) is 12.0. The second-order valence-electron chi connectivity index (χ2n) is 5.31. The summed E-state index contributed by atoms with van der Waals surface area (Å²) in [5.41, 5.74) is -0.0124. The Labute approximate surface area is 120 Å². The Morgan fingerprint density at radius 3 is 2.55 bits per heavy atom. The van der Waals surface area contributed by atoms with Crippen LogP contribution in [0.25, 0.3) is 0 Å². The maximum Gasteiger partial charge on any atom is 0.335 e. The van der Waals surface area contributed by atoms with Gasteiger partial charge in [-0.2, -0.15) is 0 Å². The highest BCUT2D eigenvalue weighted by molar-refractivity contribution is 7.91. The van der Waals surface area contributed by atoms with Gasteiger partial charge in [0.15, 0.2) is 9.84 Å². The molecule has 1 aromatic carbocycles. The van der Waals surface area contributed by atoms with E-state index in [4.69, 9.17) is 5.11 Å². The van der Waals surface area contributed by atoms with Gasteiger partial charge in [0.1, 0.15) is 0 Å². The minimum Gasteiger partial charge on any atom is -0.478 e. The highest BCUT2D eigenvalue weighted by Gasteiger charge is 2.17. The Balaban J connectivity index is 2.79. The first kappa shape index (κ1) is 16.7. The number of hydrogen-bond acceptors (Lipinski definition) is 4. The number of rotatable bonds is 7. The van der Waals surface area contributed by atoms with E-state index in [2.05, 4.69) is 13.8 Å². The minimum atomic E-state index is -3.45. The number of aromatic carboxylic acids is 1. The van der Waals surface area contributed by atoms with Gasteiger partial charge in [-0.1, -0.05) is 19.9 Å². The van der Waals surface area contributed by atoms with Crippen molar-refractivity contribution in [2.75, 3.05) is 25.9 Å². The Kier molecular flexibility index (Phi) is 5.71. The number of carbonyl (C=O) groups is 1. The van der Waals surface area contributed by atoms with Crippen molar-refractivity contribution in [2.45, 2.75) is 18.7 Å². The van der Waals surface area contributed by atoms with Gasteiger partial charge in [0.05, 0.1) is 16.2 Å². The van der Waals surface area contributed by atoms with E-state index >= 15 is 0 Å². The summed E-state index contributed by atoms with van der Waals surface area (Å²) in [7, 11) is -1.57. The SMILES string of the molecule is CC(C)CN(C)CCS(=O)(=O)c1cccc(C(=O)O)c1. The van der Waals surface area contributed by atoms with Crippen molar-refractivity contribution in [3.63, 3.8) is 0 Å². The van der Waals surface area contributed by atoms with Gasteiger partial charge in [0.25, 0.3) is 0 Å². The third-order valence-corrected chi connectivity index (χ3v) is 4.55. The van der Waals surface area contributed by atoms with E-state index in [1.165, 1.54) is 24.3 Å². The summed E-state index contributed by atoms with van der Waals surface area (Å²) in [5.74, 6) is -0.670. The highest BCUT2D eigenvalue weighted by Crippen LogP contribution is 2.14. The van der Waals surface area contributed by atoms with E-state index in [0.29, 0.717) is 12.5 Å². The van der Waals surface area contributed by atoms with E-state index in [1.54, 1.807) is 0 Å². The average molecular weight is 299 g/mol. The van der Waals surface area contributed by atoms with Gasteiger partial charge in [-0.3, -0.25) is 0 Å². The van der Waals surface area contributed by atoms with Crippen LogP contribution in [-0.4, -0.2) is 50.3 Å². The van der Waals surface area contributed by atoms with Crippen LogP contribution in [0, 0.1) is 5.92 Å². The lowest BCUT2D eigenvalue weighted by atomic mass is 10.2. The first-order chi connectivity index (χ1) is 9.22. The summed E-state index contributed by atoms with van der Waals surface area (Å²) in [6, 6.07) is 5.48. The van der Waals surface area contributed by atoms with E-state index in [0.717, 1.165) is 6.54 Å². The molecule has 20 heavy (non-hydrogen) atoms. The molecule has 1 rings (SSSR count). The lowest BCUT2D eigenvalue weighted by Crippen LogP contribution is -2.29. The van der Waals surface area contributed by atoms with Crippen LogP contribution in [0.3, 0.4) is 0 Å². The Hall–Kier alpha value is -1.40. The van der Waals surface area contributed by atoms with Crippen LogP contribution in [0.15, 0.2) is 29.2 Å². The maximum absolute atomic E-state index is 12.2. The molecule has 0 bridgehead atoms. The fourth-order valence-corrected chi connectivity index (χ4v) is 3.31. The number of nitrogens with zero attached hydrogens (tertiary/aromatic N) is 1. The number of carboxylic acids is 1. The predicted octanol–water partition coefficient (Wildman–Crippen LogP) is 1.75. The zero-order valence-corrected chi connectivity index (χ0v) is 12.9. The van der Waals surface area contributed by atoms with Gasteiger partial charge in [-0.15, -0.1) is 0 Å². The molecular formula is C14H21NO4S. The van der Waals surface area contributed by atoms with E-state index in [9.17, 15) is 13.2 Å². The van der Waals surface area contributed by atoms with Gasteiger partial charge in [0, 0.05) is 13.1 Å². The molecule has 0 saturated heterocycles. The third kappa shape index (κ3) is 4.94. The van der Waals surface area contributed by atoms with Crippen LogP contribution < -0.4 is 0 Å². The van der Waals surface area contributed by atoms with Gasteiger partial charge in [0.2, 0.25) is 0 Å². The number of benzene rings is 1. The normalized spacial score (nSPS) is 12.1. The van der Waals surface area contributed by atoms with Gasteiger partial charge < -0.3 is 10.0 Å². The first-order valence-corrected chi connectivity index (χ1v) is 8.12. The summed E-state index contributed by atoms with van der Waals surface area (Å²) in [5, 5.41) is 8.89. The monoisotopic (exact) mass is 299 g/mol. The lowest BCUT2D eigenvalue weighted by Gasteiger charge is -2.18. The molecule has 0 heterocycles. The Morgan fingerprint density at radius 1 is 1.35 bits per heavy atom. The summed E-state index contributed by atoms with van der Waals surface area (Å²) in [6.45, 7) is 5.39. The molecule has 5 nitrogen and oxygen atoms in total. The molecule has 6 heteroatoms. The fraction of sp³-hybridized carbons (Fsp3) is 0.500. The summed E-state index contributed by atoms with van der Waals surface area (Å²) < 4.78 is 24.4. The van der Waals surface area contributed by atoms with Crippen molar-refractivity contribution in [1.29, 1.82) is 0 Å². The van der Waals surface area contributed by atoms with Crippen LogP contribution in [0.1, 0.15) is 24.2 Å². The van der Waals surface area contributed by atoms with Gasteiger partial charge in [-0.25, -0.2) is 13.2 Å². The lowest BCUT2D eigenvalue weighted by molar-refractivity contribution is 0.0696. The molecule has 0 aliphatic heterocycles. The molecular weight excluding hydrogens is 278 g/mol. The second-order valence-corrected chi connectivity index (χ2v) is 7.42. The van der Waals surface area contributed by atoms with E-state index < -0.39 is 15.8 Å². The fourth-order valence-electron chi connectivity index (χ4n) is 1.93. The topological polar surface area (TPSA) is 74.7 Å². The maximum atomic E-state index is 12.2. The van der Waals surface area contributed by atoms with Crippen LogP contribution in [-0.2, 0) is 9.84 Å². The second kappa shape index (κ2) is 6.85. The molecule has 0 fully saturated rings. The van der Waals surface area contributed by atoms with E-state index in [1.807, 2.05) is 11.9 Å². The highest BCUT2D eigenvalue weighted by atomic mass is 32.2. The van der Waals surface area contributed by atoms with Gasteiger partial charge in [-0.05, 0) is 31.2 Å². The number of carboxylic acid groups (broad SMARTS) is 1. The van der Waals surface area contributed by atoms with Crippen molar-refractivity contribution in [3.8, 4) is 0 Å². The molecule has 0 radical (unpaired) electrons. The summed E-state index contributed by atoms with van der Waals surface area (Å²) in [4.78, 5) is 12.9. The zero-order chi connectivity index (χ0) is 15.3. The number of hydrogen-bond donors (Lipinski definition) is 1.